The quantitative estimate of drug-likeness (QED) is 0.317. The van der Waals surface area contributed by atoms with Crippen molar-refractivity contribution in [2.75, 3.05) is 0 Å². The van der Waals surface area contributed by atoms with E-state index in [0.29, 0.717) is 0 Å². The Morgan fingerprint density at radius 2 is 0.923 bits per heavy atom. The van der Waals surface area contributed by atoms with Gasteiger partial charge in [-0.2, -0.15) is 0 Å². The maximum atomic E-state index is 2.30. The van der Waals surface area contributed by atoms with Gasteiger partial charge in [-0.05, 0) is 57.3 Å². The van der Waals surface area contributed by atoms with Crippen molar-refractivity contribution < 1.29 is 0 Å². The molecule has 0 atom stereocenters. The highest BCUT2D eigenvalue weighted by molar-refractivity contribution is 7.11. The molecule has 4 aromatic rings. The van der Waals surface area contributed by atoms with Crippen molar-refractivity contribution in [2.45, 2.75) is 0 Å². The molecule has 4 rings (SSSR count). The molecule has 0 bridgehead atoms. The molecular formula is C24H18S2. The lowest BCUT2D eigenvalue weighted by molar-refractivity contribution is 1.60. The van der Waals surface area contributed by atoms with Crippen LogP contribution in [0.1, 0.15) is 20.9 Å². The first-order valence-corrected chi connectivity index (χ1v) is 10.3. The maximum absolute atomic E-state index is 2.30. The molecular weight excluding hydrogens is 352 g/mol. The van der Waals surface area contributed by atoms with E-state index in [4.69, 9.17) is 0 Å². The van der Waals surface area contributed by atoms with Crippen LogP contribution in [0, 0.1) is 0 Å². The van der Waals surface area contributed by atoms with Crippen molar-refractivity contribution in [3.05, 3.63) is 117 Å². The summed E-state index contributed by atoms with van der Waals surface area (Å²) in [7, 11) is 0. The van der Waals surface area contributed by atoms with E-state index in [2.05, 4.69) is 108 Å². The number of benzene rings is 2. The SMILES string of the molecule is C(=C(\C(=C\c1cccs1)c1ccccc1)c1ccccc1)/c1cccs1. The standard InChI is InChI=1S/C24H18S2/c1-3-9-19(10-4-1)23(17-21-13-7-15-25-21)24(18-22-14-8-16-26-22)20-11-5-2-6-12-20/h1-18H/b23-17+,24-18+. The molecule has 0 aliphatic carbocycles. The average Bonchev–Trinajstić information content (AvgIpc) is 3.40. The van der Waals surface area contributed by atoms with Gasteiger partial charge >= 0.3 is 0 Å². The van der Waals surface area contributed by atoms with Crippen molar-refractivity contribution in [3.63, 3.8) is 0 Å². The Bertz CT molecular complexity index is 905. The van der Waals surface area contributed by atoms with Gasteiger partial charge in [-0.25, -0.2) is 0 Å². The Hall–Kier alpha value is -2.68. The summed E-state index contributed by atoms with van der Waals surface area (Å²) in [5, 5.41) is 4.25. The highest BCUT2D eigenvalue weighted by Gasteiger charge is 2.12. The van der Waals surface area contributed by atoms with Crippen LogP contribution in [-0.2, 0) is 0 Å². The van der Waals surface area contributed by atoms with Crippen LogP contribution in [-0.4, -0.2) is 0 Å². The molecule has 0 aliphatic heterocycles. The smallest absolute Gasteiger partial charge is 0.0276 e. The summed E-state index contributed by atoms with van der Waals surface area (Å²) in [4.78, 5) is 2.52. The van der Waals surface area contributed by atoms with Crippen LogP contribution >= 0.6 is 22.7 Å². The van der Waals surface area contributed by atoms with E-state index in [0.717, 1.165) is 0 Å². The largest absolute Gasteiger partial charge is 0.144 e. The van der Waals surface area contributed by atoms with E-state index in [1.54, 1.807) is 22.7 Å². The van der Waals surface area contributed by atoms with E-state index >= 15 is 0 Å². The summed E-state index contributed by atoms with van der Waals surface area (Å²) in [5.41, 5.74) is 4.94. The van der Waals surface area contributed by atoms with Gasteiger partial charge in [-0.3, -0.25) is 0 Å². The first-order valence-electron chi connectivity index (χ1n) is 8.52. The molecule has 0 aliphatic rings. The van der Waals surface area contributed by atoms with Gasteiger partial charge in [0.15, 0.2) is 0 Å². The third-order valence-corrected chi connectivity index (χ3v) is 5.76. The van der Waals surface area contributed by atoms with Gasteiger partial charge in [0.05, 0.1) is 0 Å². The number of thiophene rings is 2. The Morgan fingerprint density at radius 3 is 1.27 bits per heavy atom. The lowest BCUT2D eigenvalue weighted by Crippen LogP contribution is -1.91. The first-order chi connectivity index (χ1) is 12.9. The molecule has 0 nitrogen and oxygen atoms in total. The van der Waals surface area contributed by atoms with Gasteiger partial charge in [0, 0.05) is 9.75 Å². The van der Waals surface area contributed by atoms with Crippen LogP contribution in [0.3, 0.4) is 0 Å². The second-order valence-corrected chi connectivity index (χ2v) is 7.84. The van der Waals surface area contributed by atoms with Crippen LogP contribution in [0.25, 0.3) is 23.3 Å². The Balaban J connectivity index is 1.93. The number of hydrogen-bond donors (Lipinski definition) is 0. The minimum absolute atomic E-state index is 1.23. The minimum Gasteiger partial charge on any atom is -0.144 e. The van der Waals surface area contributed by atoms with Crippen LogP contribution in [0.4, 0.5) is 0 Å². The summed E-state index contributed by atoms with van der Waals surface area (Å²) < 4.78 is 0. The molecule has 0 saturated carbocycles. The summed E-state index contributed by atoms with van der Waals surface area (Å²) in [6.07, 6.45) is 4.60. The molecule has 0 N–H and O–H groups in total. The summed E-state index contributed by atoms with van der Waals surface area (Å²) in [6.45, 7) is 0. The molecule has 0 fully saturated rings. The second kappa shape index (κ2) is 8.13. The van der Waals surface area contributed by atoms with E-state index in [-0.39, 0.29) is 0 Å². The zero-order valence-electron chi connectivity index (χ0n) is 14.2. The van der Waals surface area contributed by atoms with Crippen LogP contribution in [0.5, 0.6) is 0 Å². The molecule has 0 spiro atoms. The van der Waals surface area contributed by atoms with E-state index < -0.39 is 0 Å². The van der Waals surface area contributed by atoms with E-state index in [1.165, 1.54) is 32.0 Å². The van der Waals surface area contributed by atoms with Crippen molar-refractivity contribution in [1.82, 2.24) is 0 Å². The third kappa shape index (κ3) is 3.93. The molecule has 2 aromatic carbocycles. The molecule has 0 unspecified atom stereocenters. The monoisotopic (exact) mass is 370 g/mol. The molecule has 2 aromatic heterocycles. The highest BCUT2D eigenvalue weighted by Crippen LogP contribution is 2.36. The highest BCUT2D eigenvalue weighted by atomic mass is 32.1. The number of hydrogen-bond acceptors (Lipinski definition) is 2. The van der Waals surface area contributed by atoms with Gasteiger partial charge in [0.25, 0.3) is 0 Å². The average molecular weight is 371 g/mol. The van der Waals surface area contributed by atoms with Crippen molar-refractivity contribution in [2.24, 2.45) is 0 Å². The van der Waals surface area contributed by atoms with Crippen molar-refractivity contribution in [3.8, 4) is 0 Å². The lowest BCUT2D eigenvalue weighted by Gasteiger charge is -2.14. The molecule has 0 amide bonds. The Kier molecular flexibility index (Phi) is 5.25. The molecule has 2 heteroatoms. The fraction of sp³-hybridized carbons (Fsp3) is 0. The zero-order chi connectivity index (χ0) is 17.6. The fourth-order valence-corrected chi connectivity index (χ4v) is 4.21. The maximum Gasteiger partial charge on any atom is 0.0276 e. The van der Waals surface area contributed by atoms with E-state index in [1.807, 2.05) is 0 Å². The first kappa shape index (κ1) is 16.8. The van der Waals surface area contributed by atoms with Gasteiger partial charge in [0.2, 0.25) is 0 Å². The van der Waals surface area contributed by atoms with Gasteiger partial charge in [-0.1, -0.05) is 72.8 Å². The fourth-order valence-electron chi connectivity index (χ4n) is 2.90. The van der Waals surface area contributed by atoms with Gasteiger partial charge < -0.3 is 0 Å². The minimum atomic E-state index is 1.23. The molecule has 0 radical (unpaired) electrons. The predicted octanol–water partition coefficient (Wildman–Crippen LogP) is 7.59. The summed E-state index contributed by atoms with van der Waals surface area (Å²) >= 11 is 3.53. The predicted molar refractivity (Wildman–Crippen MR) is 117 cm³/mol. The second-order valence-electron chi connectivity index (χ2n) is 5.88. The van der Waals surface area contributed by atoms with Gasteiger partial charge in [-0.15, -0.1) is 22.7 Å². The van der Waals surface area contributed by atoms with E-state index in [9.17, 15) is 0 Å². The third-order valence-electron chi connectivity index (χ3n) is 4.12. The topological polar surface area (TPSA) is 0 Å². The Labute approximate surface area is 162 Å². The van der Waals surface area contributed by atoms with Crippen LogP contribution in [0.15, 0.2) is 95.7 Å². The normalized spacial score (nSPS) is 12.3. The van der Waals surface area contributed by atoms with Crippen LogP contribution < -0.4 is 0 Å². The number of allylic oxidation sites excluding steroid dienone is 2. The lowest BCUT2D eigenvalue weighted by atomic mass is 9.91. The molecule has 0 saturated heterocycles. The summed E-state index contributed by atoms with van der Waals surface area (Å²) in [5.74, 6) is 0. The summed E-state index contributed by atoms with van der Waals surface area (Å²) in [6, 6.07) is 29.8. The van der Waals surface area contributed by atoms with Crippen LogP contribution in [0.2, 0.25) is 0 Å². The molecule has 126 valence electrons. The molecule has 2 heterocycles. The van der Waals surface area contributed by atoms with Gasteiger partial charge in [0.1, 0.15) is 0 Å². The van der Waals surface area contributed by atoms with Crippen molar-refractivity contribution in [1.29, 1.82) is 0 Å². The van der Waals surface area contributed by atoms with Crippen molar-refractivity contribution >= 4 is 46.0 Å². The zero-order valence-corrected chi connectivity index (χ0v) is 15.8. The Morgan fingerprint density at radius 1 is 0.500 bits per heavy atom. The molecule has 26 heavy (non-hydrogen) atoms. The number of rotatable bonds is 5.